The predicted octanol–water partition coefficient (Wildman–Crippen LogP) is 2.86. The Bertz CT molecular complexity index is 1180. The summed E-state index contributed by atoms with van der Waals surface area (Å²) in [6, 6.07) is 12.8. The Balaban J connectivity index is 1.78. The van der Waals surface area contributed by atoms with E-state index in [9.17, 15) is 22.8 Å². The van der Waals surface area contributed by atoms with Gasteiger partial charge in [-0.05, 0) is 43.5 Å². The number of amides is 3. The van der Waals surface area contributed by atoms with Crippen LogP contribution in [0.15, 0.2) is 53.4 Å². The summed E-state index contributed by atoms with van der Waals surface area (Å²) in [6.45, 7) is 6.04. The van der Waals surface area contributed by atoms with E-state index < -0.39 is 27.9 Å². The van der Waals surface area contributed by atoms with Gasteiger partial charge in [0.05, 0.1) is 5.56 Å². The molecule has 0 saturated carbocycles. The summed E-state index contributed by atoms with van der Waals surface area (Å²) in [4.78, 5) is 40.1. The highest BCUT2D eigenvalue weighted by atomic mass is 32.2. The van der Waals surface area contributed by atoms with Crippen molar-refractivity contribution in [1.29, 1.82) is 0 Å². The fourth-order valence-electron chi connectivity index (χ4n) is 3.88. The Morgan fingerprint density at radius 1 is 1.09 bits per heavy atom. The third-order valence-electron chi connectivity index (χ3n) is 6.04. The van der Waals surface area contributed by atoms with Crippen LogP contribution in [0.5, 0.6) is 0 Å². The number of nitrogens with zero attached hydrogens (tertiary/aromatic N) is 2. The lowest BCUT2D eigenvalue weighted by Gasteiger charge is -2.30. The SMILES string of the molecule is CCCCNC(=O)[C@@H](C)N(Cc1ccccc1C)C(=O)CCN1C(=O)c2ccccc2S1(=O)=O. The van der Waals surface area contributed by atoms with Crippen LogP contribution in [0, 0.1) is 6.92 Å². The number of nitrogens with one attached hydrogen (secondary N) is 1. The maximum Gasteiger partial charge on any atom is 0.269 e. The molecule has 3 amide bonds. The highest BCUT2D eigenvalue weighted by molar-refractivity contribution is 7.90. The van der Waals surface area contributed by atoms with Crippen LogP contribution in [0.3, 0.4) is 0 Å². The molecule has 1 atom stereocenters. The van der Waals surface area contributed by atoms with Crippen LogP contribution in [0.1, 0.15) is 54.6 Å². The monoisotopic (exact) mass is 485 g/mol. The third kappa shape index (κ3) is 5.30. The van der Waals surface area contributed by atoms with E-state index in [2.05, 4.69) is 5.32 Å². The summed E-state index contributed by atoms with van der Waals surface area (Å²) in [5, 5.41) is 2.86. The van der Waals surface area contributed by atoms with Gasteiger partial charge in [-0.3, -0.25) is 14.4 Å². The van der Waals surface area contributed by atoms with E-state index in [4.69, 9.17) is 0 Å². The van der Waals surface area contributed by atoms with E-state index in [1.165, 1.54) is 17.0 Å². The molecule has 1 N–H and O–H groups in total. The number of carbonyl (C=O) groups excluding carboxylic acids is 3. The van der Waals surface area contributed by atoms with Crippen LogP contribution in [0.4, 0.5) is 0 Å². The van der Waals surface area contributed by atoms with Crippen LogP contribution in [-0.4, -0.2) is 54.5 Å². The minimum Gasteiger partial charge on any atom is -0.354 e. The molecule has 0 saturated heterocycles. The largest absolute Gasteiger partial charge is 0.354 e. The van der Waals surface area contributed by atoms with Crippen molar-refractivity contribution >= 4 is 27.7 Å². The second-order valence-corrected chi connectivity index (χ2v) is 10.2. The van der Waals surface area contributed by atoms with Crippen molar-refractivity contribution in [2.45, 2.75) is 57.5 Å². The van der Waals surface area contributed by atoms with Gasteiger partial charge in [0, 0.05) is 26.1 Å². The zero-order valence-electron chi connectivity index (χ0n) is 19.8. The normalized spacial score (nSPS) is 15.0. The van der Waals surface area contributed by atoms with Gasteiger partial charge in [-0.25, -0.2) is 12.7 Å². The fraction of sp³-hybridized carbons (Fsp3) is 0.400. The van der Waals surface area contributed by atoms with Crippen LogP contribution < -0.4 is 5.32 Å². The maximum atomic E-state index is 13.3. The quantitative estimate of drug-likeness (QED) is 0.521. The minimum atomic E-state index is -4.00. The topological polar surface area (TPSA) is 104 Å². The first-order valence-electron chi connectivity index (χ1n) is 11.5. The van der Waals surface area contributed by atoms with Crippen LogP contribution in [-0.2, 0) is 26.2 Å². The van der Waals surface area contributed by atoms with E-state index in [0.717, 1.165) is 28.3 Å². The molecule has 0 fully saturated rings. The van der Waals surface area contributed by atoms with E-state index in [-0.39, 0.29) is 35.9 Å². The number of rotatable bonds is 10. The van der Waals surface area contributed by atoms with Gasteiger partial charge in [-0.1, -0.05) is 49.7 Å². The first-order chi connectivity index (χ1) is 16.2. The van der Waals surface area contributed by atoms with Crippen molar-refractivity contribution in [2.75, 3.05) is 13.1 Å². The smallest absolute Gasteiger partial charge is 0.269 e. The maximum absolute atomic E-state index is 13.3. The summed E-state index contributed by atoms with van der Waals surface area (Å²) < 4.78 is 26.4. The van der Waals surface area contributed by atoms with E-state index >= 15 is 0 Å². The highest BCUT2D eigenvalue weighted by Crippen LogP contribution is 2.30. The molecular formula is C25H31N3O5S. The number of carbonyl (C=O) groups is 3. The summed E-state index contributed by atoms with van der Waals surface area (Å²) in [7, 11) is -4.00. The lowest BCUT2D eigenvalue weighted by molar-refractivity contribution is -0.140. The lowest BCUT2D eigenvalue weighted by Crippen LogP contribution is -2.48. The molecule has 0 spiro atoms. The van der Waals surface area contributed by atoms with Gasteiger partial charge in [0.15, 0.2) is 0 Å². The first-order valence-corrected chi connectivity index (χ1v) is 12.9. The summed E-state index contributed by atoms with van der Waals surface area (Å²) in [5.74, 6) is -1.31. The average molecular weight is 486 g/mol. The zero-order chi connectivity index (χ0) is 24.9. The third-order valence-corrected chi connectivity index (χ3v) is 7.88. The first kappa shape index (κ1) is 25.4. The Labute approximate surface area is 201 Å². The zero-order valence-corrected chi connectivity index (χ0v) is 20.6. The molecular weight excluding hydrogens is 454 g/mol. The second kappa shape index (κ2) is 10.8. The number of hydrogen-bond donors (Lipinski definition) is 1. The summed E-state index contributed by atoms with van der Waals surface area (Å²) in [5.41, 5.74) is 1.98. The van der Waals surface area contributed by atoms with Gasteiger partial charge in [0.2, 0.25) is 11.8 Å². The number of hydrogen-bond acceptors (Lipinski definition) is 5. The standard InChI is InChI=1S/C25H31N3O5S/c1-4-5-15-26-24(30)19(3)27(17-20-11-7-6-10-18(20)2)23(29)14-16-28-25(31)21-12-8-9-13-22(21)34(28,32)33/h6-13,19H,4-5,14-17H2,1-3H3,(H,26,30)/t19-/m1/s1. The van der Waals surface area contributed by atoms with Gasteiger partial charge in [-0.15, -0.1) is 0 Å². The molecule has 3 rings (SSSR count). The van der Waals surface area contributed by atoms with E-state index in [1.54, 1.807) is 19.1 Å². The van der Waals surface area contributed by atoms with Crippen LogP contribution in [0.25, 0.3) is 0 Å². The van der Waals surface area contributed by atoms with E-state index in [1.807, 2.05) is 38.1 Å². The van der Waals surface area contributed by atoms with Crippen LogP contribution >= 0.6 is 0 Å². The van der Waals surface area contributed by atoms with Crippen molar-refractivity contribution in [3.05, 3.63) is 65.2 Å². The van der Waals surface area contributed by atoms with Crippen LogP contribution in [0.2, 0.25) is 0 Å². The Hall–Kier alpha value is -3.20. The molecule has 0 bridgehead atoms. The van der Waals surface area contributed by atoms with Crippen molar-refractivity contribution in [2.24, 2.45) is 0 Å². The second-order valence-electron chi connectivity index (χ2n) is 8.40. The van der Waals surface area contributed by atoms with Crippen molar-refractivity contribution in [3.63, 3.8) is 0 Å². The molecule has 0 aliphatic carbocycles. The summed E-state index contributed by atoms with van der Waals surface area (Å²) in [6.07, 6.45) is 1.54. The average Bonchev–Trinajstić information content (AvgIpc) is 3.01. The summed E-state index contributed by atoms with van der Waals surface area (Å²) >= 11 is 0. The molecule has 34 heavy (non-hydrogen) atoms. The highest BCUT2D eigenvalue weighted by Gasteiger charge is 2.41. The van der Waals surface area contributed by atoms with E-state index in [0.29, 0.717) is 6.54 Å². The number of sulfonamides is 1. The Morgan fingerprint density at radius 3 is 2.44 bits per heavy atom. The number of aryl methyl sites for hydroxylation is 1. The lowest BCUT2D eigenvalue weighted by atomic mass is 10.1. The Kier molecular flexibility index (Phi) is 8.09. The van der Waals surface area contributed by atoms with Gasteiger partial charge < -0.3 is 10.2 Å². The number of fused-ring (bicyclic) bond motifs is 1. The molecule has 182 valence electrons. The molecule has 0 aromatic heterocycles. The molecule has 1 aliphatic rings. The Morgan fingerprint density at radius 2 is 1.76 bits per heavy atom. The van der Waals surface area contributed by atoms with Crippen molar-refractivity contribution in [1.82, 2.24) is 14.5 Å². The fourth-order valence-corrected chi connectivity index (χ4v) is 5.45. The molecule has 0 unspecified atom stereocenters. The molecule has 0 radical (unpaired) electrons. The molecule has 1 aliphatic heterocycles. The molecule has 1 heterocycles. The van der Waals surface area contributed by atoms with Crippen molar-refractivity contribution in [3.8, 4) is 0 Å². The number of benzene rings is 2. The minimum absolute atomic E-state index is 0.0483. The number of unbranched alkanes of at least 4 members (excludes halogenated alkanes) is 1. The molecule has 2 aromatic carbocycles. The van der Waals surface area contributed by atoms with Gasteiger partial charge in [0.25, 0.3) is 15.9 Å². The molecule has 2 aromatic rings. The molecule has 9 heteroatoms. The predicted molar refractivity (Wildman–Crippen MR) is 128 cm³/mol. The van der Waals surface area contributed by atoms with Gasteiger partial charge in [-0.2, -0.15) is 0 Å². The van der Waals surface area contributed by atoms with Crippen molar-refractivity contribution < 1.29 is 22.8 Å². The van der Waals surface area contributed by atoms with Gasteiger partial charge in [0.1, 0.15) is 10.9 Å². The van der Waals surface area contributed by atoms with Gasteiger partial charge >= 0.3 is 0 Å². The molecule has 8 nitrogen and oxygen atoms in total.